The van der Waals surface area contributed by atoms with E-state index in [9.17, 15) is 4.79 Å². The Morgan fingerprint density at radius 2 is 1.72 bits per heavy atom. The zero-order valence-corrected chi connectivity index (χ0v) is 17.7. The van der Waals surface area contributed by atoms with E-state index in [1.54, 1.807) is 19.2 Å². The lowest BCUT2D eigenvalue weighted by molar-refractivity contribution is -0.123. The summed E-state index contributed by atoms with van der Waals surface area (Å²) in [7, 11) is 3.71. The van der Waals surface area contributed by atoms with Crippen molar-refractivity contribution in [3.63, 3.8) is 0 Å². The highest BCUT2D eigenvalue weighted by Crippen LogP contribution is 2.26. The lowest BCUT2D eigenvalue weighted by Gasteiger charge is -2.38. The van der Waals surface area contributed by atoms with Gasteiger partial charge in [-0.2, -0.15) is 0 Å². The summed E-state index contributed by atoms with van der Waals surface area (Å²) >= 11 is 6.06. The lowest BCUT2D eigenvalue weighted by atomic mass is 10.0. The number of para-hydroxylation sites is 2. The molecule has 7 heteroatoms. The molecule has 1 heterocycles. The van der Waals surface area contributed by atoms with E-state index < -0.39 is 0 Å². The molecule has 6 nitrogen and oxygen atoms in total. The number of carbonyl (C=O) groups is 1. The third-order valence-electron chi connectivity index (χ3n) is 5.15. The number of carbonyl (C=O) groups excluding carboxylic acids is 1. The molecule has 156 valence electrons. The van der Waals surface area contributed by atoms with Gasteiger partial charge in [0, 0.05) is 37.7 Å². The first kappa shape index (κ1) is 21.4. The van der Waals surface area contributed by atoms with Crippen molar-refractivity contribution in [3.8, 4) is 11.5 Å². The minimum absolute atomic E-state index is 0.0591. The predicted molar refractivity (Wildman–Crippen MR) is 115 cm³/mol. The van der Waals surface area contributed by atoms with Gasteiger partial charge in [0.2, 0.25) is 0 Å². The van der Waals surface area contributed by atoms with Gasteiger partial charge in [0.05, 0.1) is 13.2 Å². The number of nitrogens with zero attached hydrogens (tertiary/aromatic N) is 2. The fourth-order valence-corrected chi connectivity index (χ4v) is 3.55. The summed E-state index contributed by atoms with van der Waals surface area (Å²) in [5.41, 5.74) is 1.14. The third kappa shape index (κ3) is 6.10. The van der Waals surface area contributed by atoms with Gasteiger partial charge in [-0.25, -0.2) is 0 Å². The number of benzene rings is 2. The number of methoxy groups -OCH3 is 1. The van der Waals surface area contributed by atoms with E-state index in [4.69, 9.17) is 21.1 Å². The number of hydrogen-bond donors (Lipinski definition) is 1. The van der Waals surface area contributed by atoms with Crippen LogP contribution in [0.4, 0.5) is 0 Å². The Morgan fingerprint density at radius 3 is 2.38 bits per heavy atom. The molecule has 1 aliphatic heterocycles. The highest BCUT2D eigenvalue weighted by molar-refractivity contribution is 6.30. The van der Waals surface area contributed by atoms with Crippen LogP contribution < -0.4 is 14.8 Å². The van der Waals surface area contributed by atoms with E-state index in [1.165, 1.54) is 0 Å². The Hall–Kier alpha value is -2.28. The average Bonchev–Trinajstić information content (AvgIpc) is 2.75. The maximum absolute atomic E-state index is 12.4. The number of ether oxygens (including phenoxy) is 2. The highest BCUT2D eigenvalue weighted by atomic mass is 35.5. The zero-order valence-electron chi connectivity index (χ0n) is 16.9. The van der Waals surface area contributed by atoms with Crippen LogP contribution in [0.25, 0.3) is 0 Å². The summed E-state index contributed by atoms with van der Waals surface area (Å²) in [6.07, 6.45) is 0. The maximum atomic E-state index is 12.4. The number of hydrogen-bond acceptors (Lipinski definition) is 5. The van der Waals surface area contributed by atoms with E-state index in [0.717, 1.165) is 31.7 Å². The molecule has 0 saturated carbocycles. The topological polar surface area (TPSA) is 54.0 Å². The summed E-state index contributed by atoms with van der Waals surface area (Å²) in [6, 6.07) is 15.2. The predicted octanol–water partition coefficient (Wildman–Crippen LogP) is 2.83. The van der Waals surface area contributed by atoms with Crippen LogP contribution in [0.3, 0.4) is 0 Å². The van der Waals surface area contributed by atoms with Gasteiger partial charge >= 0.3 is 0 Å². The van der Waals surface area contributed by atoms with Gasteiger partial charge in [0.25, 0.3) is 5.91 Å². The molecule has 0 radical (unpaired) electrons. The second-order valence-corrected chi connectivity index (χ2v) is 7.59. The Balaban J connectivity index is 1.60. The standard InChI is InChI=1S/C22H28ClN3O3/c1-25-11-13-26(14-12-25)19(17-7-9-18(23)10-8-17)15-24-22(27)16-29-21-6-4-3-5-20(21)28-2/h3-10,19H,11-16H2,1-2H3,(H,24,27). The molecule has 2 aromatic rings. The fourth-order valence-electron chi connectivity index (χ4n) is 3.42. The average molecular weight is 418 g/mol. The quantitative estimate of drug-likeness (QED) is 0.715. The second kappa shape index (κ2) is 10.5. The van der Waals surface area contributed by atoms with Crippen molar-refractivity contribution >= 4 is 17.5 Å². The van der Waals surface area contributed by atoms with Gasteiger partial charge in [0.1, 0.15) is 0 Å². The largest absolute Gasteiger partial charge is 0.493 e. The molecule has 3 rings (SSSR count). The third-order valence-corrected chi connectivity index (χ3v) is 5.41. The molecule has 29 heavy (non-hydrogen) atoms. The fraction of sp³-hybridized carbons (Fsp3) is 0.409. The molecule has 2 aromatic carbocycles. The van der Waals surface area contributed by atoms with Gasteiger partial charge in [-0.15, -0.1) is 0 Å². The van der Waals surface area contributed by atoms with Crippen molar-refractivity contribution in [2.45, 2.75) is 6.04 Å². The number of amides is 1. The van der Waals surface area contributed by atoms with Crippen LogP contribution >= 0.6 is 11.6 Å². The zero-order chi connectivity index (χ0) is 20.6. The Bertz CT molecular complexity index is 792. The Morgan fingerprint density at radius 1 is 1.07 bits per heavy atom. The van der Waals surface area contributed by atoms with Gasteiger partial charge in [0.15, 0.2) is 18.1 Å². The molecule has 1 N–H and O–H groups in total. The first-order chi connectivity index (χ1) is 14.1. The summed E-state index contributed by atoms with van der Waals surface area (Å²) in [4.78, 5) is 17.1. The summed E-state index contributed by atoms with van der Waals surface area (Å²) in [6.45, 7) is 4.38. The van der Waals surface area contributed by atoms with Crippen molar-refractivity contribution in [3.05, 3.63) is 59.1 Å². The number of likely N-dealkylation sites (N-methyl/N-ethyl adjacent to an activating group) is 1. The molecule has 1 amide bonds. The molecule has 0 spiro atoms. The number of nitrogens with one attached hydrogen (secondary N) is 1. The normalized spacial score (nSPS) is 16.2. The Labute approximate surface area is 177 Å². The molecule has 1 fully saturated rings. The van der Waals surface area contributed by atoms with Crippen molar-refractivity contribution in [2.24, 2.45) is 0 Å². The van der Waals surface area contributed by atoms with Crippen LogP contribution in [-0.4, -0.2) is 69.2 Å². The number of rotatable bonds is 8. The summed E-state index contributed by atoms with van der Waals surface area (Å²) in [5.74, 6) is 0.999. The van der Waals surface area contributed by atoms with Crippen molar-refractivity contribution in [1.29, 1.82) is 0 Å². The van der Waals surface area contributed by atoms with E-state index >= 15 is 0 Å². The molecule has 0 aromatic heterocycles. The van der Waals surface area contributed by atoms with Crippen LogP contribution in [0.5, 0.6) is 11.5 Å². The van der Waals surface area contributed by atoms with Crippen LogP contribution in [-0.2, 0) is 4.79 Å². The molecule has 1 atom stereocenters. The maximum Gasteiger partial charge on any atom is 0.258 e. The first-order valence-electron chi connectivity index (χ1n) is 9.77. The number of halogens is 1. The summed E-state index contributed by atoms with van der Waals surface area (Å²) < 4.78 is 10.9. The van der Waals surface area contributed by atoms with Gasteiger partial charge in [-0.1, -0.05) is 35.9 Å². The van der Waals surface area contributed by atoms with Crippen LogP contribution in [0.15, 0.2) is 48.5 Å². The van der Waals surface area contributed by atoms with Crippen LogP contribution in [0.1, 0.15) is 11.6 Å². The van der Waals surface area contributed by atoms with Crippen molar-refractivity contribution in [2.75, 3.05) is 53.5 Å². The molecule has 0 bridgehead atoms. The number of piperazine rings is 1. The molecule has 1 saturated heterocycles. The monoisotopic (exact) mass is 417 g/mol. The van der Waals surface area contributed by atoms with Crippen molar-refractivity contribution in [1.82, 2.24) is 15.1 Å². The van der Waals surface area contributed by atoms with Crippen LogP contribution in [0.2, 0.25) is 5.02 Å². The van der Waals surface area contributed by atoms with Gasteiger partial charge in [-0.05, 0) is 36.9 Å². The van der Waals surface area contributed by atoms with Gasteiger partial charge in [-0.3, -0.25) is 9.69 Å². The van der Waals surface area contributed by atoms with E-state index in [1.807, 2.05) is 36.4 Å². The highest BCUT2D eigenvalue weighted by Gasteiger charge is 2.24. The minimum atomic E-state index is -0.163. The smallest absolute Gasteiger partial charge is 0.258 e. The summed E-state index contributed by atoms with van der Waals surface area (Å²) in [5, 5.41) is 3.73. The first-order valence-corrected chi connectivity index (χ1v) is 10.1. The van der Waals surface area contributed by atoms with E-state index in [0.29, 0.717) is 23.1 Å². The van der Waals surface area contributed by atoms with Crippen molar-refractivity contribution < 1.29 is 14.3 Å². The lowest BCUT2D eigenvalue weighted by Crippen LogP contribution is -2.48. The Kier molecular flexibility index (Phi) is 7.75. The van der Waals surface area contributed by atoms with E-state index in [-0.39, 0.29) is 18.6 Å². The molecule has 1 unspecified atom stereocenters. The molecule has 0 aliphatic carbocycles. The molecular weight excluding hydrogens is 390 g/mol. The molecule has 1 aliphatic rings. The second-order valence-electron chi connectivity index (χ2n) is 7.15. The van der Waals surface area contributed by atoms with Gasteiger partial charge < -0.3 is 19.7 Å². The molecular formula is C22H28ClN3O3. The van der Waals surface area contributed by atoms with E-state index in [2.05, 4.69) is 22.2 Å². The minimum Gasteiger partial charge on any atom is -0.493 e. The van der Waals surface area contributed by atoms with Crippen LogP contribution in [0, 0.1) is 0 Å². The SMILES string of the molecule is COc1ccccc1OCC(=O)NCC(c1ccc(Cl)cc1)N1CCN(C)CC1.